The highest BCUT2D eigenvalue weighted by molar-refractivity contribution is 7.98. The van der Waals surface area contributed by atoms with Gasteiger partial charge in [0.25, 0.3) is 0 Å². The Morgan fingerprint density at radius 1 is 1.19 bits per heavy atom. The number of thioether (sulfide) groups is 1. The van der Waals surface area contributed by atoms with Crippen molar-refractivity contribution in [3.63, 3.8) is 0 Å². The maximum Gasteiger partial charge on any atom is 0.159 e. The lowest BCUT2D eigenvalue weighted by atomic mass is 10.0. The molecule has 27 heavy (non-hydrogen) atoms. The van der Waals surface area contributed by atoms with E-state index >= 15 is 0 Å². The van der Waals surface area contributed by atoms with Crippen molar-refractivity contribution in [2.24, 2.45) is 4.99 Å². The standard InChI is InChI=1S/C19H18ClN5OS/c1-24(26)11-18-23-22-17-10-21-19(13-5-3-4-6-15(13)20)14-9-12(27-2)7-8-16(14)25(17)18/h3-9,26H,10-11H2,1-2H3. The molecule has 0 saturated heterocycles. The third-order valence-electron chi connectivity index (χ3n) is 4.37. The Kier molecular flexibility index (Phi) is 5.01. The largest absolute Gasteiger partial charge is 0.314 e. The molecular formula is C19H18ClN5OS. The number of aliphatic imine (C=N–C) groups is 1. The van der Waals surface area contributed by atoms with Gasteiger partial charge < -0.3 is 5.21 Å². The first kappa shape index (κ1) is 18.2. The number of hydrogen-bond acceptors (Lipinski definition) is 6. The first-order valence-corrected chi connectivity index (χ1v) is 10.00. The predicted molar refractivity (Wildman–Crippen MR) is 107 cm³/mol. The monoisotopic (exact) mass is 399 g/mol. The number of hydroxylamine groups is 2. The van der Waals surface area contributed by atoms with Crippen LogP contribution >= 0.6 is 23.4 Å². The van der Waals surface area contributed by atoms with E-state index in [0.29, 0.717) is 17.4 Å². The molecule has 0 saturated carbocycles. The summed E-state index contributed by atoms with van der Waals surface area (Å²) < 4.78 is 1.97. The van der Waals surface area contributed by atoms with Gasteiger partial charge in [-0.05, 0) is 30.5 Å². The van der Waals surface area contributed by atoms with Gasteiger partial charge in [0, 0.05) is 28.1 Å². The molecule has 0 radical (unpaired) electrons. The lowest BCUT2D eigenvalue weighted by molar-refractivity contribution is -0.0754. The molecule has 1 aliphatic heterocycles. The first-order valence-electron chi connectivity index (χ1n) is 8.40. The number of aromatic nitrogens is 3. The summed E-state index contributed by atoms with van der Waals surface area (Å²) in [6.07, 6.45) is 2.04. The second-order valence-corrected chi connectivity index (χ2v) is 7.50. The predicted octanol–water partition coefficient (Wildman–Crippen LogP) is 3.81. The van der Waals surface area contributed by atoms with Crippen molar-refractivity contribution in [2.75, 3.05) is 13.3 Å². The maximum atomic E-state index is 9.70. The van der Waals surface area contributed by atoms with Crippen molar-refractivity contribution in [2.45, 2.75) is 18.0 Å². The number of fused-ring (bicyclic) bond motifs is 3. The molecule has 4 rings (SSSR count). The van der Waals surface area contributed by atoms with Crippen LogP contribution in [0, 0.1) is 0 Å². The molecule has 1 N–H and O–H groups in total. The minimum Gasteiger partial charge on any atom is -0.314 e. The molecule has 2 heterocycles. The molecule has 0 aliphatic carbocycles. The van der Waals surface area contributed by atoms with Crippen molar-refractivity contribution in [3.8, 4) is 5.69 Å². The van der Waals surface area contributed by atoms with Crippen molar-refractivity contribution in [1.29, 1.82) is 0 Å². The summed E-state index contributed by atoms with van der Waals surface area (Å²) in [7, 11) is 1.59. The van der Waals surface area contributed by atoms with E-state index in [2.05, 4.69) is 22.3 Å². The van der Waals surface area contributed by atoms with Gasteiger partial charge in [0.05, 0.1) is 17.9 Å². The summed E-state index contributed by atoms with van der Waals surface area (Å²) >= 11 is 8.15. The molecular weight excluding hydrogens is 382 g/mol. The highest BCUT2D eigenvalue weighted by Gasteiger charge is 2.24. The molecule has 0 fully saturated rings. The van der Waals surface area contributed by atoms with Gasteiger partial charge in [-0.25, -0.2) is 0 Å². The van der Waals surface area contributed by atoms with Gasteiger partial charge in [0.15, 0.2) is 11.6 Å². The van der Waals surface area contributed by atoms with Crippen LogP contribution in [0.25, 0.3) is 5.69 Å². The molecule has 0 amide bonds. The average molecular weight is 400 g/mol. The molecule has 0 unspecified atom stereocenters. The fourth-order valence-corrected chi connectivity index (χ4v) is 3.85. The molecule has 6 nitrogen and oxygen atoms in total. The van der Waals surface area contributed by atoms with Crippen LogP contribution in [0.1, 0.15) is 22.8 Å². The molecule has 0 atom stereocenters. The van der Waals surface area contributed by atoms with E-state index in [4.69, 9.17) is 16.6 Å². The highest BCUT2D eigenvalue weighted by Crippen LogP contribution is 2.31. The zero-order valence-corrected chi connectivity index (χ0v) is 16.5. The summed E-state index contributed by atoms with van der Waals surface area (Å²) in [6, 6.07) is 13.9. The summed E-state index contributed by atoms with van der Waals surface area (Å²) in [5.74, 6) is 1.39. The van der Waals surface area contributed by atoms with Crippen LogP contribution in [0.3, 0.4) is 0 Å². The van der Waals surface area contributed by atoms with Gasteiger partial charge in [0.2, 0.25) is 0 Å². The topological polar surface area (TPSA) is 66.5 Å². The van der Waals surface area contributed by atoms with E-state index < -0.39 is 0 Å². The molecule has 1 aliphatic rings. The van der Waals surface area contributed by atoms with Crippen LogP contribution in [0.5, 0.6) is 0 Å². The number of benzene rings is 2. The Hall–Kier alpha value is -2.19. The van der Waals surface area contributed by atoms with E-state index in [9.17, 15) is 5.21 Å². The summed E-state index contributed by atoms with van der Waals surface area (Å²) in [6.45, 7) is 0.643. The maximum absolute atomic E-state index is 9.70. The molecule has 3 aromatic rings. The van der Waals surface area contributed by atoms with Crippen molar-refractivity contribution >= 4 is 29.1 Å². The van der Waals surface area contributed by atoms with E-state index in [1.54, 1.807) is 18.8 Å². The van der Waals surface area contributed by atoms with Crippen molar-refractivity contribution < 1.29 is 5.21 Å². The third-order valence-corrected chi connectivity index (χ3v) is 5.43. The van der Waals surface area contributed by atoms with E-state index in [1.165, 1.54) is 0 Å². The quantitative estimate of drug-likeness (QED) is 0.533. The van der Waals surface area contributed by atoms with Gasteiger partial charge in [-0.3, -0.25) is 9.56 Å². The van der Waals surface area contributed by atoms with Crippen LogP contribution in [0.2, 0.25) is 5.02 Å². The second kappa shape index (κ2) is 7.44. The normalized spacial score (nSPS) is 13.1. The first-order chi connectivity index (χ1) is 13.1. The minimum absolute atomic E-state index is 0.262. The number of halogens is 1. The van der Waals surface area contributed by atoms with Crippen LogP contribution < -0.4 is 0 Å². The van der Waals surface area contributed by atoms with E-state index in [-0.39, 0.29) is 6.54 Å². The van der Waals surface area contributed by atoms with Gasteiger partial charge in [0.1, 0.15) is 6.54 Å². The third kappa shape index (κ3) is 3.39. The van der Waals surface area contributed by atoms with Crippen molar-refractivity contribution in [3.05, 3.63) is 70.3 Å². The Labute approximate surface area is 166 Å². The highest BCUT2D eigenvalue weighted by atomic mass is 35.5. The zero-order chi connectivity index (χ0) is 19.0. The lowest BCUT2D eigenvalue weighted by Gasteiger charge is -2.16. The Morgan fingerprint density at radius 2 is 2.00 bits per heavy atom. The van der Waals surface area contributed by atoms with E-state index in [0.717, 1.165) is 38.3 Å². The average Bonchev–Trinajstić information content (AvgIpc) is 2.96. The molecule has 2 aromatic carbocycles. The number of rotatable bonds is 4. The Balaban J connectivity index is 1.96. The summed E-state index contributed by atoms with van der Waals surface area (Å²) in [5.41, 5.74) is 3.62. The SMILES string of the molecule is CSc1ccc2c(c1)C(c1ccccc1Cl)=NCc1nnc(CN(C)O)n1-2. The Morgan fingerprint density at radius 3 is 2.74 bits per heavy atom. The number of hydrogen-bond donors (Lipinski definition) is 1. The molecule has 8 heteroatoms. The fourth-order valence-electron chi connectivity index (χ4n) is 3.19. The summed E-state index contributed by atoms with van der Waals surface area (Å²) in [4.78, 5) is 5.96. The van der Waals surface area contributed by atoms with Gasteiger partial charge in [-0.15, -0.1) is 22.0 Å². The smallest absolute Gasteiger partial charge is 0.159 e. The van der Waals surface area contributed by atoms with E-state index in [1.807, 2.05) is 41.2 Å². The van der Waals surface area contributed by atoms with Gasteiger partial charge in [-0.1, -0.05) is 29.8 Å². The molecule has 0 bridgehead atoms. The minimum atomic E-state index is 0.262. The van der Waals surface area contributed by atoms with Crippen LogP contribution in [0.4, 0.5) is 0 Å². The fraction of sp³-hybridized carbons (Fsp3) is 0.211. The second-order valence-electron chi connectivity index (χ2n) is 6.21. The van der Waals surface area contributed by atoms with Gasteiger partial charge in [-0.2, -0.15) is 5.06 Å². The molecule has 1 aromatic heterocycles. The molecule has 0 spiro atoms. The van der Waals surface area contributed by atoms with Crippen LogP contribution in [-0.2, 0) is 13.1 Å². The van der Waals surface area contributed by atoms with Gasteiger partial charge >= 0.3 is 0 Å². The summed E-state index contributed by atoms with van der Waals surface area (Å²) in [5, 5.41) is 20.0. The van der Waals surface area contributed by atoms with Crippen LogP contribution in [-0.4, -0.2) is 44.1 Å². The van der Waals surface area contributed by atoms with Crippen LogP contribution in [0.15, 0.2) is 52.4 Å². The Bertz CT molecular complexity index is 1030. The zero-order valence-electron chi connectivity index (χ0n) is 14.9. The molecule has 138 valence electrons. The number of nitrogens with zero attached hydrogens (tertiary/aromatic N) is 5. The van der Waals surface area contributed by atoms with Crippen molar-refractivity contribution in [1.82, 2.24) is 19.8 Å². The lowest BCUT2D eigenvalue weighted by Crippen LogP contribution is -2.17.